The molecule has 0 aromatic carbocycles. The third-order valence-corrected chi connectivity index (χ3v) is 1.40. The molecule has 3 N–H and O–H groups in total. The summed E-state index contributed by atoms with van der Waals surface area (Å²) in [6.45, 7) is 0. The Morgan fingerprint density at radius 3 is 2.83 bits per heavy atom. The number of aromatic hydroxyl groups is 1. The Balaban J connectivity index is 3.26. The quantitative estimate of drug-likeness (QED) is 0.525. The van der Waals surface area contributed by atoms with Gasteiger partial charge in [0.2, 0.25) is 5.43 Å². The molecule has 0 radical (unpaired) electrons. The van der Waals surface area contributed by atoms with Gasteiger partial charge in [0.25, 0.3) is 5.91 Å². The average Bonchev–Trinajstić information content (AvgIpc) is 2.08. The number of carbonyl (C=O) groups is 1. The molecule has 0 saturated carbocycles. The third kappa shape index (κ3) is 1.29. The van der Waals surface area contributed by atoms with Crippen molar-refractivity contribution in [1.82, 2.24) is 10.3 Å². The first kappa shape index (κ1) is 8.32. The monoisotopic (exact) mass is 168 g/mol. The fourth-order valence-corrected chi connectivity index (χ4v) is 0.776. The average molecular weight is 168 g/mol. The summed E-state index contributed by atoms with van der Waals surface area (Å²) in [5, 5.41) is 11.2. The van der Waals surface area contributed by atoms with E-state index in [0.717, 1.165) is 6.20 Å². The van der Waals surface area contributed by atoms with Gasteiger partial charge >= 0.3 is 0 Å². The molecule has 0 aliphatic carbocycles. The van der Waals surface area contributed by atoms with Gasteiger partial charge in [-0.05, 0) is 0 Å². The molecular formula is C7H8N2O3. The second-order valence-corrected chi connectivity index (χ2v) is 2.16. The molecule has 0 aliphatic heterocycles. The van der Waals surface area contributed by atoms with Gasteiger partial charge in [-0.15, -0.1) is 0 Å². The van der Waals surface area contributed by atoms with Crippen LogP contribution in [0.2, 0.25) is 0 Å². The van der Waals surface area contributed by atoms with Gasteiger partial charge in [0.05, 0.1) is 0 Å². The van der Waals surface area contributed by atoms with Crippen molar-refractivity contribution in [2.24, 2.45) is 0 Å². The number of amides is 1. The fourth-order valence-electron chi connectivity index (χ4n) is 0.776. The zero-order valence-electron chi connectivity index (χ0n) is 6.42. The van der Waals surface area contributed by atoms with Crippen LogP contribution in [0.15, 0.2) is 17.2 Å². The third-order valence-electron chi connectivity index (χ3n) is 1.40. The molecule has 0 fully saturated rings. The lowest BCUT2D eigenvalue weighted by molar-refractivity contribution is 0.0961. The smallest absolute Gasteiger partial charge is 0.256 e. The van der Waals surface area contributed by atoms with E-state index < -0.39 is 17.1 Å². The van der Waals surface area contributed by atoms with Crippen LogP contribution in [0.25, 0.3) is 0 Å². The predicted molar refractivity (Wildman–Crippen MR) is 42.1 cm³/mol. The van der Waals surface area contributed by atoms with Crippen LogP contribution in [0.1, 0.15) is 10.4 Å². The highest BCUT2D eigenvalue weighted by Gasteiger charge is 2.09. The number of H-pyrrole nitrogens is 1. The number of aromatic amines is 1. The van der Waals surface area contributed by atoms with E-state index in [2.05, 4.69) is 10.3 Å². The summed E-state index contributed by atoms with van der Waals surface area (Å²) in [4.78, 5) is 24.5. The Kier molecular flexibility index (Phi) is 2.14. The SMILES string of the molecule is CNC(=O)c1c[nH]cc(O)c1=O. The molecule has 1 rings (SSSR count). The van der Waals surface area contributed by atoms with Crippen LogP contribution in [-0.2, 0) is 0 Å². The highest BCUT2D eigenvalue weighted by atomic mass is 16.3. The molecule has 0 atom stereocenters. The number of nitrogens with one attached hydrogen (secondary N) is 2. The minimum atomic E-state index is -0.673. The zero-order chi connectivity index (χ0) is 9.14. The van der Waals surface area contributed by atoms with E-state index in [4.69, 9.17) is 5.11 Å². The molecule has 1 aromatic rings. The van der Waals surface area contributed by atoms with Crippen molar-refractivity contribution in [3.05, 3.63) is 28.2 Å². The number of rotatable bonds is 1. The summed E-state index contributed by atoms with van der Waals surface area (Å²) in [6, 6.07) is 0. The van der Waals surface area contributed by atoms with Crippen molar-refractivity contribution in [2.75, 3.05) is 7.05 Å². The van der Waals surface area contributed by atoms with E-state index in [1.807, 2.05) is 0 Å². The molecule has 0 spiro atoms. The topological polar surface area (TPSA) is 82.2 Å². The molecule has 1 heterocycles. The van der Waals surface area contributed by atoms with Gasteiger partial charge in [-0.3, -0.25) is 9.59 Å². The first-order valence-electron chi connectivity index (χ1n) is 3.29. The number of carbonyl (C=O) groups excluding carboxylic acids is 1. The highest BCUT2D eigenvalue weighted by Crippen LogP contribution is 1.98. The Hall–Kier alpha value is -1.78. The molecule has 0 unspecified atom stereocenters. The van der Waals surface area contributed by atoms with Crippen LogP contribution in [0, 0.1) is 0 Å². The van der Waals surface area contributed by atoms with E-state index in [0.29, 0.717) is 0 Å². The highest BCUT2D eigenvalue weighted by molar-refractivity contribution is 5.93. The van der Waals surface area contributed by atoms with Crippen molar-refractivity contribution in [2.45, 2.75) is 0 Å². The van der Waals surface area contributed by atoms with Crippen molar-refractivity contribution in [3.63, 3.8) is 0 Å². The summed E-state index contributed by atoms with van der Waals surface area (Å²) >= 11 is 0. The van der Waals surface area contributed by atoms with Crippen LogP contribution >= 0.6 is 0 Å². The number of hydrogen-bond acceptors (Lipinski definition) is 3. The molecule has 64 valence electrons. The standard InChI is InChI=1S/C7H8N2O3/c1-8-7(12)4-2-9-3-5(10)6(4)11/h2-3,10H,1H3,(H,8,12)(H,9,11). The van der Waals surface area contributed by atoms with E-state index >= 15 is 0 Å². The number of hydrogen-bond donors (Lipinski definition) is 3. The molecule has 12 heavy (non-hydrogen) atoms. The van der Waals surface area contributed by atoms with Gasteiger partial charge < -0.3 is 15.4 Å². The number of aromatic nitrogens is 1. The first-order chi connectivity index (χ1) is 5.66. The minimum Gasteiger partial charge on any atom is -0.503 e. The Morgan fingerprint density at radius 1 is 1.58 bits per heavy atom. The van der Waals surface area contributed by atoms with Crippen molar-refractivity contribution in [1.29, 1.82) is 0 Å². The maximum Gasteiger partial charge on any atom is 0.256 e. The van der Waals surface area contributed by atoms with Crippen LogP contribution < -0.4 is 10.7 Å². The molecule has 5 heteroatoms. The molecule has 0 aliphatic rings. The largest absolute Gasteiger partial charge is 0.503 e. The van der Waals surface area contributed by atoms with Crippen molar-refractivity contribution < 1.29 is 9.90 Å². The molecular weight excluding hydrogens is 160 g/mol. The summed E-state index contributed by atoms with van der Waals surface area (Å²) in [6.07, 6.45) is 2.36. The molecule has 0 saturated heterocycles. The molecule has 1 amide bonds. The summed E-state index contributed by atoms with van der Waals surface area (Å²) < 4.78 is 0. The van der Waals surface area contributed by atoms with Gasteiger partial charge in [-0.1, -0.05) is 0 Å². The fraction of sp³-hybridized carbons (Fsp3) is 0.143. The second kappa shape index (κ2) is 3.08. The lowest BCUT2D eigenvalue weighted by atomic mass is 10.2. The normalized spacial score (nSPS) is 9.42. The van der Waals surface area contributed by atoms with Crippen LogP contribution in [0.5, 0.6) is 5.75 Å². The number of pyridine rings is 1. The lowest BCUT2D eigenvalue weighted by Crippen LogP contribution is -2.25. The second-order valence-electron chi connectivity index (χ2n) is 2.16. The van der Waals surface area contributed by atoms with E-state index in [1.54, 1.807) is 0 Å². The van der Waals surface area contributed by atoms with Gasteiger partial charge in [-0.2, -0.15) is 0 Å². The van der Waals surface area contributed by atoms with E-state index in [1.165, 1.54) is 13.2 Å². The van der Waals surface area contributed by atoms with Gasteiger partial charge in [0, 0.05) is 19.4 Å². The van der Waals surface area contributed by atoms with Crippen molar-refractivity contribution in [3.8, 4) is 5.75 Å². The van der Waals surface area contributed by atoms with E-state index in [9.17, 15) is 9.59 Å². The van der Waals surface area contributed by atoms with Gasteiger partial charge in [0.1, 0.15) is 5.56 Å². The Morgan fingerprint density at radius 2 is 2.25 bits per heavy atom. The minimum absolute atomic E-state index is 0.0995. The first-order valence-corrected chi connectivity index (χ1v) is 3.29. The molecule has 0 bridgehead atoms. The van der Waals surface area contributed by atoms with Crippen LogP contribution in [0.3, 0.4) is 0 Å². The summed E-state index contributed by atoms with van der Waals surface area (Å²) in [7, 11) is 1.41. The summed E-state index contributed by atoms with van der Waals surface area (Å²) in [5.74, 6) is -0.983. The molecule has 5 nitrogen and oxygen atoms in total. The maximum atomic E-state index is 11.0. The van der Waals surface area contributed by atoms with Crippen molar-refractivity contribution >= 4 is 5.91 Å². The van der Waals surface area contributed by atoms with E-state index in [-0.39, 0.29) is 5.56 Å². The molecule has 1 aromatic heterocycles. The Bertz CT molecular complexity index is 356. The lowest BCUT2D eigenvalue weighted by Gasteiger charge is -1.97. The zero-order valence-corrected chi connectivity index (χ0v) is 6.42. The predicted octanol–water partition coefficient (Wildman–Crippen LogP) is -0.560. The van der Waals surface area contributed by atoms with Gasteiger partial charge in [0.15, 0.2) is 5.75 Å². The van der Waals surface area contributed by atoms with Crippen LogP contribution in [0.4, 0.5) is 0 Å². The maximum absolute atomic E-state index is 11.0. The van der Waals surface area contributed by atoms with Crippen LogP contribution in [-0.4, -0.2) is 23.0 Å². The Labute approximate surface area is 68.0 Å². The summed E-state index contributed by atoms with van der Waals surface area (Å²) in [5.41, 5.74) is -0.773. The van der Waals surface area contributed by atoms with Gasteiger partial charge in [-0.25, -0.2) is 0 Å².